The van der Waals surface area contributed by atoms with Gasteiger partial charge in [0.05, 0.1) is 18.8 Å². The van der Waals surface area contributed by atoms with Crippen LogP contribution in [0.4, 0.5) is 0 Å². The summed E-state index contributed by atoms with van der Waals surface area (Å²) in [6, 6.07) is 4.55. The molecule has 0 heterocycles. The maximum absolute atomic E-state index is 11.6. The second-order valence-corrected chi connectivity index (χ2v) is 3.30. The first kappa shape index (κ1) is 13.2. The molecule has 0 unspecified atom stereocenters. The van der Waals surface area contributed by atoms with Gasteiger partial charge in [-0.25, -0.2) is 4.79 Å². The van der Waals surface area contributed by atoms with Gasteiger partial charge in [-0.3, -0.25) is 4.79 Å². The molecule has 92 valence electrons. The number of phenols is 1. The summed E-state index contributed by atoms with van der Waals surface area (Å²) in [5.41, 5.74) is 0.376. The van der Waals surface area contributed by atoms with E-state index in [4.69, 9.17) is 4.74 Å². The van der Waals surface area contributed by atoms with E-state index in [1.165, 1.54) is 13.2 Å². The average molecular weight is 238 g/mol. The molecule has 0 saturated heterocycles. The highest BCUT2D eigenvalue weighted by atomic mass is 16.5. The van der Waals surface area contributed by atoms with E-state index in [0.717, 1.165) is 0 Å². The Labute approximate surface area is 99.0 Å². The van der Waals surface area contributed by atoms with Gasteiger partial charge in [0.15, 0.2) is 0 Å². The fraction of sp³-hybridized carbons (Fsp3) is 0.333. The van der Waals surface area contributed by atoms with Crippen molar-refractivity contribution in [3.8, 4) is 5.75 Å². The Bertz CT molecular complexity index is 425. The highest BCUT2D eigenvalue weighted by Gasteiger charge is 2.22. The van der Waals surface area contributed by atoms with Crippen LogP contribution >= 0.6 is 0 Å². The van der Waals surface area contributed by atoms with Crippen molar-refractivity contribution in [2.24, 2.45) is 0 Å². The first-order valence-corrected chi connectivity index (χ1v) is 5.13. The Morgan fingerprint density at radius 1 is 1.35 bits per heavy atom. The van der Waals surface area contributed by atoms with E-state index in [-0.39, 0.29) is 24.5 Å². The first-order chi connectivity index (χ1) is 8.11. The Kier molecular flexibility index (Phi) is 4.66. The number of esters is 1. The van der Waals surface area contributed by atoms with Gasteiger partial charge in [-0.2, -0.15) is 0 Å². The molecule has 0 aliphatic rings. The minimum absolute atomic E-state index is 0.0713. The van der Waals surface area contributed by atoms with Crippen LogP contribution in [0.15, 0.2) is 18.2 Å². The van der Waals surface area contributed by atoms with Gasteiger partial charge in [-0.05, 0) is 13.0 Å². The largest absolute Gasteiger partial charge is 0.507 e. The molecule has 1 rings (SSSR count). The molecule has 0 amide bonds. The van der Waals surface area contributed by atoms with Crippen molar-refractivity contribution in [1.82, 2.24) is 0 Å². The van der Waals surface area contributed by atoms with Crippen LogP contribution in [0.1, 0.15) is 22.8 Å². The van der Waals surface area contributed by atoms with E-state index in [9.17, 15) is 14.7 Å². The van der Waals surface area contributed by atoms with Crippen LogP contribution in [-0.4, -0.2) is 30.6 Å². The van der Waals surface area contributed by atoms with Gasteiger partial charge in [-0.1, -0.05) is 12.1 Å². The molecule has 1 aromatic rings. The van der Waals surface area contributed by atoms with Crippen LogP contribution in [0.2, 0.25) is 0 Å². The Morgan fingerprint density at radius 3 is 2.65 bits per heavy atom. The molecule has 0 aliphatic heterocycles. The number of rotatable bonds is 5. The lowest BCUT2D eigenvalue weighted by Crippen LogP contribution is -2.17. The third kappa shape index (κ3) is 3.04. The SMILES string of the molecule is CCOC(=O)C(=O)c1cccc(COC)c1O. The molecule has 0 spiro atoms. The number of aromatic hydroxyl groups is 1. The number of hydrogen-bond acceptors (Lipinski definition) is 5. The van der Waals surface area contributed by atoms with Gasteiger partial charge in [0, 0.05) is 12.7 Å². The predicted molar refractivity (Wildman–Crippen MR) is 59.8 cm³/mol. The van der Waals surface area contributed by atoms with Crippen LogP contribution in [0.5, 0.6) is 5.75 Å². The number of carbonyl (C=O) groups excluding carboxylic acids is 2. The van der Waals surface area contributed by atoms with Crippen molar-refractivity contribution in [2.75, 3.05) is 13.7 Å². The second-order valence-electron chi connectivity index (χ2n) is 3.30. The van der Waals surface area contributed by atoms with Gasteiger partial charge in [0.1, 0.15) is 5.75 Å². The molecule has 0 fully saturated rings. The quantitative estimate of drug-likeness (QED) is 0.475. The normalized spacial score (nSPS) is 10.0. The molecule has 0 bridgehead atoms. The average Bonchev–Trinajstić information content (AvgIpc) is 2.31. The molecule has 1 aromatic carbocycles. The van der Waals surface area contributed by atoms with Gasteiger partial charge < -0.3 is 14.6 Å². The fourth-order valence-corrected chi connectivity index (χ4v) is 1.35. The molecule has 5 nitrogen and oxygen atoms in total. The van der Waals surface area contributed by atoms with Crippen LogP contribution in [0.3, 0.4) is 0 Å². The standard InChI is InChI=1S/C12H14O5/c1-3-17-12(15)11(14)9-6-4-5-8(7-16-2)10(9)13/h4-6,13H,3,7H2,1-2H3. The summed E-state index contributed by atoms with van der Waals surface area (Å²) >= 11 is 0. The lowest BCUT2D eigenvalue weighted by molar-refractivity contribution is -0.137. The molecular formula is C12H14O5. The zero-order valence-electron chi connectivity index (χ0n) is 9.73. The zero-order valence-corrected chi connectivity index (χ0v) is 9.73. The third-order valence-electron chi connectivity index (χ3n) is 2.12. The first-order valence-electron chi connectivity index (χ1n) is 5.13. The highest BCUT2D eigenvalue weighted by molar-refractivity contribution is 6.41. The topological polar surface area (TPSA) is 72.8 Å². The number of para-hydroxylation sites is 1. The Balaban J connectivity index is 3.02. The number of hydrogen-bond donors (Lipinski definition) is 1. The summed E-state index contributed by atoms with van der Waals surface area (Å²) < 4.78 is 9.45. The molecule has 0 saturated carbocycles. The van der Waals surface area contributed by atoms with Crippen molar-refractivity contribution in [3.63, 3.8) is 0 Å². The second kappa shape index (κ2) is 6.00. The minimum Gasteiger partial charge on any atom is -0.507 e. The molecular weight excluding hydrogens is 224 g/mol. The van der Waals surface area contributed by atoms with E-state index in [2.05, 4.69) is 4.74 Å². The van der Waals surface area contributed by atoms with E-state index in [1.807, 2.05) is 0 Å². The van der Waals surface area contributed by atoms with Crippen molar-refractivity contribution in [3.05, 3.63) is 29.3 Å². The summed E-state index contributed by atoms with van der Waals surface area (Å²) in [7, 11) is 1.47. The van der Waals surface area contributed by atoms with Gasteiger partial charge in [0.2, 0.25) is 0 Å². The Hall–Kier alpha value is -1.88. The summed E-state index contributed by atoms with van der Waals surface area (Å²) in [5, 5.41) is 9.80. The lowest BCUT2D eigenvalue weighted by Gasteiger charge is -2.07. The number of ketones is 1. The number of benzene rings is 1. The smallest absolute Gasteiger partial charge is 0.379 e. The van der Waals surface area contributed by atoms with E-state index < -0.39 is 11.8 Å². The van der Waals surface area contributed by atoms with Crippen LogP contribution in [0.25, 0.3) is 0 Å². The van der Waals surface area contributed by atoms with Gasteiger partial charge in [0.25, 0.3) is 5.78 Å². The molecule has 5 heteroatoms. The summed E-state index contributed by atoms with van der Waals surface area (Å²) in [6.07, 6.45) is 0. The van der Waals surface area contributed by atoms with E-state index >= 15 is 0 Å². The highest BCUT2D eigenvalue weighted by Crippen LogP contribution is 2.23. The van der Waals surface area contributed by atoms with Gasteiger partial charge in [-0.15, -0.1) is 0 Å². The molecule has 1 N–H and O–H groups in total. The van der Waals surface area contributed by atoms with Gasteiger partial charge >= 0.3 is 5.97 Å². The number of ether oxygens (including phenoxy) is 2. The number of methoxy groups -OCH3 is 1. The van der Waals surface area contributed by atoms with Crippen molar-refractivity contribution >= 4 is 11.8 Å². The number of carbonyl (C=O) groups is 2. The minimum atomic E-state index is -0.975. The molecule has 0 aromatic heterocycles. The molecule has 0 atom stereocenters. The maximum atomic E-state index is 11.6. The fourth-order valence-electron chi connectivity index (χ4n) is 1.35. The van der Waals surface area contributed by atoms with Crippen molar-refractivity contribution in [1.29, 1.82) is 0 Å². The number of Topliss-reactive ketones (excluding diaryl/α,β-unsaturated/α-hetero) is 1. The number of phenolic OH excluding ortho intramolecular Hbond substituents is 1. The summed E-state index contributed by atoms with van der Waals surface area (Å²) in [6.45, 7) is 1.88. The third-order valence-corrected chi connectivity index (χ3v) is 2.12. The molecule has 0 aliphatic carbocycles. The molecule has 0 radical (unpaired) electrons. The van der Waals surface area contributed by atoms with Crippen molar-refractivity contribution in [2.45, 2.75) is 13.5 Å². The van der Waals surface area contributed by atoms with E-state index in [0.29, 0.717) is 5.56 Å². The zero-order chi connectivity index (χ0) is 12.8. The van der Waals surface area contributed by atoms with Crippen molar-refractivity contribution < 1.29 is 24.2 Å². The molecule has 17 heavy (non-hydrogen) atoms. The van der Waals surface area contributed by atoms with Crippen LogP contribution < -0.4 is 0 Å². The summed E-state index contributed by atoms with van der Waals surface area (Å²) in [5.74, 6) is -2.08. The van der Waals surface area contributed by atoms with E-state index in [1.54, 1.807) is 19.1 Å². The predicted octanol–water partition coefficient (Wildman–Crippen LogP) is 1.28. The monoisotopic (exact) mass is 238 g/mol. The van der Waals surface area contributed by atoms with Crippen LogP contribution in [0, 0.1) is 0 Å². The lowest BCUT2D eigenvalue weighted by atomic mass is 10.1. The Morgan fingerprint density at radius 2 is 2.06 bits per heavy atom. The maximum Gasteiger partial charge on any atom is 0.379 e. The van der Waals surface area contributed by atoms with Crippen LogP contribution in [-0.2, 0) is 20.9 Å². The summed E-state index contributed by atoms with van der Waals surface area (Å²) in [4.78, 5) is 22.9.